The second-order valence-electron chi connectivity index (χ2n) is 6.61. The normalized spacial score (nSPS) is 14.0. The van der Waals surface area contributed by atoms with Gasteiger partial charge in [-0.15, -0.1) is 11.3 Å². The highest BCUT2D eigenvalue weighted by Gasteiger charge is 2.22. The monoisotopic (exact) mass is 405 g/mol. The Balaban J connectivity index is 1.77. The van der Waals surface area contributed by atoms with Gasteiger partial charge in [-0.2, -0.15) is 0 Å². The van der Waals surface area contributed by atoms with E-state index in [1.807, 2.05) is 0 Å². The highest BCUT2D eigenvalue weighted by atomic mass is 35.5. The molecule has 1 amide bonds. The summed E-state index contributed by atoms with van der Waals surface area (Å²) < 4.78 is 15.7. The lowest BCUT2D eigenvalue weighted by Crippen LogP contribution is -2.24. The van der Waals surface area contributed by atoms with E-state index in [2.05, 4.69) is 10.3 Å². The molecule has 1 aliphatic heterocycles. The van der Waals surface area contributed by atoms with Crippen LogP contribution in [0.4, 0.5) is 10.1 Å². The van der Waals surface area contributed by atoms with Gasteiger partial charge in [-0.25, -0.2) is 9.37 Å². The number of fused-ring (bicyclic) bond motifs is 2. The Morgan fingerprint density at radius 1 is 1.33 bits per heavy atom. The Morgan fingerprint density at radius 2 is 2.15 bits per heavy atom. The number of thiophene rings is 1. The number of carbonyl (C=O) groups is 1. The van der Waals surface area contributed by atoms with E-state index in [0.717, 1.165) is 42.8 Å². The average Bonchev–Trinajstić information content (AvgIpc) is 2.80. The zero-order valence-corrected chi connectivity index (χ0v) is 16.2. The number of carbonyl (C=O) groups excluding carboxylic acids is 1. The minimum Gasteiger partial charge on any atom is -0.319 e. The Labute approximate surface area is 163 Å². The molecule has 0 atom stereocenters. The van der Waals surface area contributed by atoms with Crippen LogP contribution in [0.5, 0.6) is 0 Å². The molecule has 3 aromatic rings. The Morgan fingerprint density at radius 3 is 2.96 bits per heavy atom. The number of anilines is 1. The summed E-state index contributed by atoms with van der Waals surface area (Å²) in [5.74, 6) is -0.272. The molecular weight excluding hydrogens is 389 g/mol. The number of benzene rings is 1. The fourth-order valence-electron chi connectivity index (χ4n) is 3.40. The quantitative estimate of drug-likeness (QED) is 0.680. The number of nitrogens with zero attached hydrogens (tertiary/aromatic N) is 2. The van der Waals surface area contributed by atoms with Crippen LogP contribution in [0, 0.1) is 12.7 Å². The first-order valence-corrected chi connectivity index (χ1v) is 9.94. The van der Waals surface area contributed by atoms with E-state index in [1.165, 1.54) is 18.2 Å². The smallest absolute Gasteiger partial charge is 0.266 e. The molecule has 3 heterocycles. The van der Waals surface area contributed by atoms with Crippen LogP contribution >= 0.6 is 22.9 Å². The second-order valence-corrected chi connectivity index (χ2v) is 8.05. The third-order valence-corrected chi connectivity index (χ3v) is 6.21. The van der Waals surface area contributed by atoms with Crippen LogP contribution < -0.4 is 10.9 Å². The number of amides is 1. The van der Waals surface area contributed by atoms with Crippen LogP contribution in [0.1, 0.15) is 40.3 Å². The lowest BCUT2D eigenvalue weighted by Gasteiger charge is -2.08. The number of nitrogens with one attached hydrogen (secondary N) is 1. The van der Waals surface area contributed by atoms with Crippen LogP contribution in [0.2, 0.25) is 5.02 Å². The van der Waals surface area contributed by atoms with Crippen molar-refractivity contribution in [1.82, 2.24) is 9.55 Å². The van der Waals surface area contributed by atoms with Gasteiger partial charge in [0.25, 0.3) is 11.5 Å². The molecule has 0 aliphatic carbocycles. The van der Waals surface area contributed by atoms with Crippen LogP contribution in [-0.2, 0) is 13.0 Å². The van der Waals surface area contributed by atoms with Crippen molar-refractivity contribution in [3.63, 3.8) is 0 Å². The topological polar surface area (TPSA) is 64.0 Å². The van der Waals surface area contributed by atoms with Gasteiger partial charge < -0.3 is 5.32 Å². The molecule has 5 nitrogen and oxygen atoms in total. The summed E-state index contributed by atoms with van der Waals surface area (Å²) in [6.07, 6.45) is 3.79. The van der Waals surface area contributed by atoms with Gasteiger partial charge in [0, 0.05) is 18.0 Å². The number of hydrogen-bond acceptors (Lipinski definition) is 4. The van der Waals surface area contributed by atoms with Crippen LogP contribution in [0.15, 0.2) is 23.0 Å². The van der Waals surface area contributed by atoms with E-state index in [0.29, 0.717) is 32.2 Å². The van der Waals surface area contributed by atoms with Gasteiger partial charge in [-0.05, 0) is 43.5 Å². The second kappa shape index (κ2) is 7.05. The minimum absolute atomic E-state index is 0.00446. The number of aryl methyl sites for hydroxylation is 2. The van der Waals surface area contributed by atoms with Crippen molar-refractivity contribution in [1.29, 1.82) is 0 Å². The summed E-state index contributed by atoms with van der Waals surface area (Å²) in [6.45, 7) is 2.39. The highest BCUT2D eigenvalue weighted by Crippen LogP contribution is 2.29. The zero-order valence-electron chi connectivity index (χ0n) is 14.6. The predicted octanol–water partition coefficient (Wildman–Crippen LogP) is 4.54. The molecule has 0 radical (unpaired) electrons. The molecular formula is C19H17ClFN3O2S. The van der Waals surface area contributed by atoms with Gasteiger partial charge in [0.15, 0.2) is 0 Å². The molecule has 0 bridgehead atoms. The maximum absolute atomic E-state index is 13.9. The zero-order chi connectivity index (χ0) is 19.1. The van der Waals surface area contributed by atoms with Gasteiger partial charge in [0.2, 0.25) is 0 Å². The molecule has 27 heavy (non-hydrogen) atoms. The minimum atomic E-state index is -0.573. The molecule has 0 unspecified atom stereocenters. The van der Waals surface area contributed by atoms with E-state index in [-0.39, 0.29) is 11.2 Å². The first kappa shape index (κ1) is 18.1. The molecule has 4 rings (SSSR count). The van der Waals surface area contributed by atoms with Crippen LogP contribution in [0.3, 0.4) is 0 Å². The highest BCUT2D eigenvalue weighted by molar-refractivity contribution is 7.20. The fraction of sp³-hybridized carbons (Fsp3) is 0.316. The van der Waals surface area contributed by atoms with Crippen molar-refractivity contribution in [2.45, 2.75) is 39.2 Å². The molecule has 1 aliphatic rings. The standard InChI is InChI=1S/C19H17ClFN3O2S/c1-10-15-18(23-14-5-3-2-4-8-24(14)19(15)26)27-16(10)17(25)22-13-9-11(20)6-7-12(13)21/h6-7,9H,2-5,8H2,1H3,(H,22,25). The maximum Gasteiger partial charge on any atom is 0.266 e. The van der Waals surface area contributed by atoms with Crippen molar-refractivity contribution in [3.8, 4) is 0 Å². The summed E-state index contributed by atoms with van der Waals surface area (Å²) in [7, 11) is 0. The molecule has 0 fully saturated rings. The van der Waals surface area contributed by atoms with E-state index < -0.39 is 11.7 Å². The SMILES string of the molecule is Cc1c(C(=O)Nc2cc(Cl)ccc2F)sc2nc3n(c(=O)c12)CCCCC3. The Bertz CT molecular complexity index is 1120. The molecule has 2 aromatic heterocycles. The molecule has 1 N–H and O–H groups in total. The lowest BCUT2D eigenvalue weighted by atomic mass is 10.2. The largest absolute Gasteiger partial charge is 0.319 e. The number of halogens is 2. The van der Waals surface area contributed by atoms with Gasteiger partial charge in [0.1, 0.15) is 16.5 Å². The molecule has 140 valence electrons. The Kier molecular flexibility index (Phi) is 4.74. The van der Waals surface area contributed by atoms with Crippen molar-refractivity contribution < 1.29 is 9.18 Å². The molecule has 1 aromatic carbocycles. The number of hydrogen-bond donors (Lipinski definition) is 1. The summed E-state index contributed by atoms with van der Waals surface area (Å²) in [5, 5.41) is 3.34. The van der Waals surface area contributed by atoms with Gasteiger partial charge >= 0.3 is 0 Å². The Hall–Kier alpha value is -2.25. The average molecular weight is 406 g/mol. The summed E-state index contributed by atoms with van der Waals surface area (Å²) in [6, 6.07) is 3.96. The third kappa shape index (κ3) is 3.26. The van der Waals surface area contributed by atoms with Crippen molar-refractivity contribution in [2.24, 2.45) is 0 Å². The van der Waals surface area contributed by atoms with E-state index in [4.69, 9.17) is 11.6 Å². The fourth-order valence-corrected chi connectivity index (χ4v) is 4.66. The van der Waals surface area contributed by atoms with Gasteiger partial charge in [-0.3, -0.25) is 14.2 Å². The van der Waals surface area contributed by atoms with E-state index >= 15 is 0 Å². The van der Waals surface area contributed by atoms with Crippen molar-refractivity contribution in [3.05, 3.63) is 55.7 Å². The number of aromatic nitrogens is 2. The first-order chi connectivity index (χ1) is 13.0. The number of rotatable bonds is 2. The summed E-state index contributed by atoms with van der Waals surface area (Å²) in [4.78, 5) is 31.2. The summed E-state index contributed by atoms with van der Waals surface area (Å²) >= 11 is 7.04. The van der Waals surface area contributed by atoms with Crippen LogP contribution in [0.25, 0.3) is 10.2 Å². The van der Waals surface area contributed by atoms with Crippen molar-refractivity contribution >= 4 is 44.7 Å². The van der Waals surface area contributed by atoms with Crippen molar-refractivity contribution in [2.75, 3.05) is 5.32 Å². The van der Waals surface area contributed by atoms with E-state index in [9.17, 15) is 14.0 Å². The summed E-state index contributed by atoms with van der Waals surface area (Å²) in [5.41, 5.74) is 0.482. The molecule has 0 saturated carbocycles. The maximum atomic E-state index is 13.9. The molecule has 0 saturated heterocycles. The van der Waals surface area contributed by atoms with Gasteiger partial charge in [0.05, 0.1) is 16.0 Å². The molecule has 8 heteroatoms. The van der Waals surface area contributed by atoms with Gasteiger partial charge in [-0.1, -0.05) is 18.0 Å². The molecule has 0 spiro atoms. The third-order valence-electron chi connectivity index (χ3n) is 4.79. The predicted molar refractivity (Wildman–Crippen MR) is 106 cm³/mol. The van der Waals surface area contributed by atoms with E-state index in [1.54, 1.807) is 11.5 Å². The van der Waals surface area contributed by atoms with Crippen LogP contribution in [-0.4, -0.2) is 15.5 Å². The lowest BCUT2D eigenvalue weighted by molar-refractivity contribution is 0.102. The first-order valence-electron chi connectivity index (χ1n) is 8.75.